The Morgan fingerprint density at radius 2 is 2.08 bits per heavy atom. The fraction of sp³-hybridized carbons (Fsp3) is 0.118. The molecule has 4 aromatic rings. The number of imidazole rings is 1. The summed E-state index contributed by atoms with van der Waals surface area (Å²) < 4.78 is 16.9. The number of nitrogens with one attached hydrogen (secondary N) is 1. The molecular formula is C17H14FN7O. The van der Waals surface area contributed by atoms with Crippen molar-refractivity contribution in [1.29, 1.82) is 0 Å². The largest absolute Gasteiger partial charge is 0.345 e. The Bertz CT molecular complexity index is 1090. The number of hydrogen-bond acceptors (Lipinski definition) is 5. The number of fused-ring (bicyclic) bond motifs is 1. The Morgan fingerprint density at radius 3 is 2.85 bits per heavy atom. The van der Waals surface area contributed by atoms with Crippen molar-refractivity contribution in [2.45, 2.75) is 6.54 Å². The zero-order valence-corrected chi connectivity index (χ0v) is 13.8. The van der Waals surface area contributed by atoms with Crippen LogP contribution >= 0.6 is 0 Å². The maximum absolute atomic E-state index is 13.7. The van der Waals surface area contributed by atoms with Crippen LogP contribution in [0.5, 0.6) is 0 Å². The second-order valence-electron chi connectivity index (χ2n) is 5.67. The monoisotopic (exact) mass is 351 g/mol. The molecule has 2 aromatic heterocycles. The van der Waals surface area contributed by atoms with Gasteiger partial charge in [0.05, 0.1) is 28.8 Å². The number of benzene rings is 2. The van der Waals surface area contributed by atoms with Crippen molar-refractivity contribution in [2.24, 2.45) is 7.05 Å². The fourth-order valence-electron chi connectivity index (χ4n) is 2.77. The van der Waals surface area contributed by atoms with Crippen LogP contribution in [0, 0.1) is 5.82 Å². The smallest absolute Gasteiger partial charge is 0.253 e. The number of para-hydroxylation sites is 2. The molecule has 0 bridgehead atoms. The van der Waals surface area contributed by atoms with Gasteiger partial charge in [0, 0.05) is 7.05 Å². The molecule has 2 heterocycles. The van der Waals surface area contributed by atoms with Crippen molar-refractivity contribution >= 4 is 16.9 Å². The maximum Gasteiger partial charge on any atom is 0.253 e. The lowest BCUT2D eigenvalue weighted by Crippen LogP contribution is -2.26. The highest BCUT2D eigenvalue weighted by molar-refractivity contribution is 5.97. The Hall–Kier alpha value is -3.62. The van der Waals surface area contributed by atoms with E-state index in [0.29, 0.717) is 11.5 Å². The second kappa shape index (κ2) is 6.36. The molecule has 9 heteroatoms. The van der Waals surface area contributed by atoms with Crippen LogP contribution in [0.3, 0.4) is 0 Å². The lowest BCUT2D eigenvalue weighted by molar-refractivity contribution is 0.0949. The third kappa shape index (κ3) is 2.79. The minimum absolute atomic E-state index is 0.135. The minimum atomic E-state index is -0.519. The van der Waals surface area contributed by atoms with Gasteiger partial charge in [-0.3, -0.25) is 4.79 Å². The Labute approximate surface area is 147 Å². The highest BCUT2D eigenvalue weighted by Crippen LogP contribution is 2.16. The van der Waals surface area contributed by atoms with E-state index in [1.54, 1.807) is 0 Å². The standard InChI is InChI=1S/C17H14FN7O/c1-24-15-5-3-2-4-13(15)21-16(24)9-19-17(26)12-8-11(18)6-7-14(12)25-10-20-22-23-25/h2-8,10H,9H2,1H3,(H,19,26). The van der Waals surface area contributed by atoms with Gasteiger partial charge in [0.15, 0.2) is 0 Å². The molecular weight excluding hydrogens is 337 g/mol. The fourth-order valence-corrected chi connectivity index (χ4v) is 2.77. The number of amides is 1. The zero-order chi connectivity index (χ0) is 18.1. The van der Waals surface area contributed by atoms with E-state index in [0.717, 1.165) is 17.1 Å². The van der Waals surface area contributed by atoms with E-state index in [-0.39, 0.29) is 12.1 Å². The van der Waals surface area contributed by atoms with Gasteiger partial charge >= 0.3 is 0 Å². The van der Waals surface area contributed by atoms with Crippen molar-refractivity contribution in [3.05, 3.63) is 66.0 Å². The Balaban J connectivity index is 1.60. The molecule has 0 atom stereocenters. The van der Waals surface area contributed by atoms with Crippen LogP contribution in [0.2, 0.25) is 0 Å². The van der Waals surface area contributed by atoms with Crippen molar-refractivity contribution in [1.82, 2.24) is 35.1 Å². The van der Waals surface area contributed by atoms with E-state index in [2.05, 4.69) is 25.8 Å². The van der Waals surface area contributed by atoms with Gasteiger partial charge < -0.3 is 9.88 Å². The van der Waals surface area contributed by atoms with Crippen LogP contribution < -0.4 is 5.32 Å². The Morgan fingerprint density at radius 1 is 1.23 bits per heavy atom. The average Bonchev–Trinajstić information content (AvgIpc) is 3.28. The van der Waals surface area contributed by atoms with Gasteiger partial charge in [0.1, 0.15) is 18.0 Å². The summed E-state index contributed by atoms with van der Waals surface area (Å²) in [5.74, 6) is -0.267. The van der Waals surface area contributed by atoms with Crippen LogP contribution in [0.4, 0.5) is 4.39 Å². The molecule has 0 aliphatic rings. The third-order valence-corrected chi connectivity index (χ3v) is 4.09. The van der Waals surface area contributed by atoms with Crippen LogP contribution in [0.25, 0.3) is 16.7 Å². The van der Waals surface area contributed by atoms with Gasteiger partial charge in [-0.2, -0.15) is 4.68 Å². The van der Waals surface area contributed by atoms with Gasteiger partial charge in [0.2, 0.25) is 0 Å². The average molecular weight is 351 g/mol. The zero-order valence-electron chi connectivity index (χ0n) is 13.8. The van der Waals surface area contributed by atoms with Crippen molar-refractivity contribution in [3.63, 3.8) is 0 Å². The summed E-state index contributed by atoms with van der Waals surface area (Å²) in [6.07, 6.45) is 1.34. The summed E-state index contributed by atoms with van der Waals surface area (Å²) in [6, 6.07) is 11.6. The number of rotatable bonds is 4. The summed E-state index contributed by atoms with van der Waals surface area (Å²) >= 11 is 0. The quantitative estimate of drug-likeness (QED) is 0.603. The van der Waals surface area contributed by atoms with Gasteiger partial charge in [-0.1, -0.05) is 12.1 Å². The van der Waals surface area contributed by atoms with E-state index in [4.69, 9.17) is 0 Å². The topological polar surface area (TPSA) is 90.5 Å². The summed E-state index contributed by atoms with van der Waals surface area (Å²) in [7, 11) is 1.88. The molecule has 26 heavy (non-hydrogen) atoms. The molecule has 0 radical (unpaired) electrons. The van der Waals surface area contributed by atoms with E-state index >= 15 is 0 Å². The van der Waals surface area contributed by atoms with Gasteiger partial charge in [0.25, 0.3) is 5.91 Å². The first kappa shape index (κ1) is 15.9. The molecule has 0 unspecified atom stereocenters. The van der Waals surface area contributed by atoms with E-state index < -0.39 is 11.7 Å². The van der Waals surface area contributed by atoms with Gasteiger partial charge in [-0.15, -0.1) is 5.10 Å². The minimum Gasteiger partial charge on any atom is -0.345 e. The van der Waals surface area contributed by atoms with Crippen LogP contribution in [-0.2, 0) is 13.6 Å². The van der Waals surface area contributed by atoms with Crippen LogP contribution in [-0.4, -0.2) is 35.7 Å². The summed E-state index contributed by atoms with van der Waals surface area (Å²) in [5.41, 5.74) is 2.34. The highest BCUT2D eigenvalue weighted by atomic mass is 19.1. The van der Waals surface area contributed by atoms with Gasteiger partial charge in [-0.25, -0.2) is 9.37 Å². The van der Waals surface area contributed by atoms with Crippen molar-refractivity contribution < 1.29 is 9.18 Å². The number of aromatic nitrogens is 6. The van der Waals surface area contributed by atoms with Crippen LogP contribution in [0.15, 0.2) is 48.8 Å². The SMILES string of the molecule is Cn1c(CNC(=O)c2cc(F)ccc2-n2cnnn2)nc2ccccc21. The first-order valence-corrected chi connectivity index (χ1v) is 7.85. The summed E-state index contributed by atoms with van der Waals surface area (Å²) in [4.78, 5) is 17.1. The lowest BCUT2D eigenvalue weighted by atomic mass is 10.1. The second-order valence-corrected chi connectivity index (χ2v) is 5.67. The van der Waals surface area contributed by atoms with E-state index in [9.17, 15) is 9.18 Å². The summed E-state index contributed by atoms with van der Waals surface area (Å²) in [5, 5.41) is 13.6. The molecule has 1 N–H and O–H groups in total. The number of hydrogen-bond donors (Lipinski definition) is 1. The number of aryl methyl sites for hydroxylation is 1. The number of carbonyl (C=O) groups is 1. The number of halogens is 1. The third-order valence-electron chi connectivity index (χ3n) is 4.09. The Kier molecular flexibility index (Phi) is 3.88. The highest BCUT2D eigenvalue weighted by Gasteiger charge is 2.16. The predicted octanol–water partition coefficient (Wildman–Crippen LogP) is 1.62. The molecule has 0 fully saturated rings. The predicted molar refractivity (Wildman–Crippen MR) is 91.0 cm³/mol. The van der Waals surface area contributed by atoms with E-state index in [1.807, 2.05) is 35.9 Å². The first-order valence-electron chi connectivity index (χ1n) is 7.85. The molecule has 0 saturated carbocycles. The number of carbonyl (C=O) groups excluding carboxylic acids is 1. The van der Waals surface area contributed by atoms with Crippen molar-refractivity contribution in [3.8, 4) is 5.69 Å². The number of nitrogens with zero attached hydrogens (tertiary/aromatic N) is 6. The van der Waals surface area contributed by atoms with Gasteiger partial charge in [-0.05, 0) is 40.8 Å². The molecule has 0 saturated heterocycles. The normalized spacial score (nSPS) is 11.0. The first-order chi connectivity index (χ1) is 12.6. The molecule has 1 amide bonds. The lowest BCUT2D eigenvalue weighted by Gasteiger charge is -2.10. The molecule has 0 aliphatic heterocycles. The van der Waals surface area contributed by atoms with E-state index in [1.165, 1.54) is 23.1 Å². The molecule has 130 valence electrons. The summed E-state index contributed by atoms with van der Waals surface area (Å²) in [6.45, 7) is 0.204. The molecule has 4 rings (SSSR count). The van der Waals surface area contributed by atoms with Crippen molar-refractivity contribution in [2.75, 3.05) is 0 Å². The molecule has 0 spiro atoms. The molecule has 0 aliphatic carbocycles. The maximum atomic E-state index is 13.7. The molecule has 8 nitrogen and oxygen atoms in total. The molecule has 2 aromatic carbocycles. The van der Waals surface area contributed by atoms with Crippen LogP contribution in [0.1, 0.15) is 16.2 Å². The number of tetrazole rings is 1.